The zero-order chi connectivity index (χ0) is 13.6. The minimum absolute atomic E-state index is 0.979. The SMILES string of the molecule is CN(C)CCCNCC=CCNCCCN(C)C. The van der Waals surface area contributed by atoms with Crippen LogP contribution < -0.4 is 10.6 Å². The highest BCUT2D eigenvalue weighted by Crippen LogP contribution is 1.82. The van der Waals surface area contributed by atoms with Gasteiger partial charge in [-0.05, 0) is 67.2 Å². The quantitative estimate of drug-likeness (QED) is 0.396. The minimum atomic E-state index is 0.979. The molecule has 0 rings (SSSR count). The number of hydrogen-bond donors (Lipinski definition) is 2. The highest BCUT2D eigenvalue weighted by molar-refractivity contribution is 4.85. The van der Waals surface area contributed by atoms with Crippen molar-refractivity contribution in [2.75, 3.05) is 67.5 Å². The summed E-state index contributed by atoms with van der Waals surface area (Å²) in [5.41, 5.74) is 0. The molecule has 4 nitrogen and oxygen atoms in total. The van der Waals surface area contributed by atoms with Gasteiger partial charge in [-0.15, -0.1) is 0 Å². The van der Waals surface area contributed by atoms with Gasteiger partial charge in [0.15, 0.2) is 0 Å². The van der Waals surface area contributed by atoms with Crippen LogP contribution in [0.3, 0.4) is 0 Å². The molecule has 0 spiro atoms. The molecule has 0 radical (unpaired) electrons. The molecule has 0 aromatic carbocycles. The Bertz CT molecular complexity index is 170. The monoisotopic (exact) mass is 256 g/mol. The lowest BCUT2D eigenvalue weighted by molar-refractivity contribution is 0.396. The molecule has 0 saturated heterocycles. The summed E-state index contributed by atoms with van der Waals surface area (Å²) in [6.45, 7) is 6.46. The lowest BCUT2D eigenvalue weighted by Crippen LogP contribution is -2.22. The van der Waals surface area contributed by atoms with Gasteiger partial charge >= 0.3 is 0 Å². The summed E-state index contributed by atoms with van der Waals surface area (Å²) < 4.78 is 0. The summed E-state index contributed by atoms with van der Waals surface area (Å²) in [5, 5.41) is 6.82. The third-order valence-corrected chi connectivity index (χ3v) is 2.61. The van der Waals surface area contributed by atoms with Crippen LogP contribution in [0.5, 0.6) is 0 Å². The standard InChI is InChI=1S/C14H32N4/c1-17(2)13-7-11-15-9-5-6-10-16-12-8-14-18(3)4/h5-6,15-16H,7-14H2,1-4H3. The van der Waals surface area contributed by atoms with Gasteiger partial charge in [0, 0.05) is 13.1 Å². The first-order valence-corrected chi connectivity index (χ1v) is 6.99. The normalized spacial score (nSPS) is 12.1. The van der Waals surface area contributed by atoms with E-state index in [-0.39, 0.29) is 0 Å². The van der Waals surface area contributed by atoms with E-state index in [0.29, 0.717) is 0 Å². The van der Waals surface area contributed by atoms with Gasteiger partial charge in [-0.1, -0.05) is 12.2 Å². The summed E-state index contributed by atoms with van der Waals surface area (Å²) in [6, 6.07) is 0. The average molecular weight is 256 g/mol. The van der Waals surface area contributed by atoms with Crippen molar-refractivity contribution in [1.82, 2.24) is 20.4 Å². The fraction of sp³-hybridized carbons (Fsp3) is 0.857. The molecule has 0 aromatic rings. The molecule has 0 amide bonds. The molecule has 4 heteroatoms. The molecule has 2 N–H and O–H groups in total. The second kappa shape index (κ2) is 13.0. The van der Waals surface area contributed by atoms with Crippen LogP contribution in [-0.2, 0) is 0 Å². The van der Waals surface area contributed by atoms with Crippen LogP contribution in [0.15, 0.2) is 12.2 Å². The average Bonchev–Trinajstić information content (AvgIpc) is 2.29. The first-order valence-electron chi connectivity index (χ1n) is 6.99. The molecule has 0 aromatic heterocycles. The zero-order valence-corrected chi connectivity index (χ0v) is 12.7. The maximum atomic E-state index is 3.41. The Kier molecular flexibility index (Phi) is 12.7. The van der Waals surface area contributed by atoms with E-state index in [1.54, 1.807) is 0 Å². The summed E-state index contributed by atoms with van der Waals surface area (Å²) >= 11 is 0. The smallest absolute Gasteiger partial charge is 0.0135 e. The van der Waals surface area contributed by atoms with Gasteiger partial charge in [0.1, 0.15) is 0 Å². The third-order valence-electron chi connectivity index (χ3n) is 2.61. The summed E-state index contributed by atoms with van der Waals surface area (Å²) in [4.78, 5) is 4.43. The van der Waals surface area contributed by atoms with E-state index in [4.69, 9.17) is 0 Å². The summed E-state index contributed by atoms with van der Waals surface area (Å²) in [6.07, 6.45) is 6.83. The summed E-state index contributed by atoms with van der Waals surface area (Å²) in [5.74, 6) is 0. The van der Waals surface area contributed by atoms with Crippen LogP contribution in [0, 0.1) is 0 Å². The van der Waals surface area contributed by atoms with E-state index in [1.165, 1.54) is 12.8 Å². The molecule has 0 fully saturated rings. The van der Waals surface area contributed by atoms with E-state index in [0.717, 1.165) is 39.3 Å². The van der Waals surface area contributed by atoms with Gasteiger partial charge in [0.05, 0.1) is 0 Å². The van der Waals surface area contributed by atoms with Crippen molar-refractivity contribution in [3.63, 3.8) is 0 Å². The van der Waals surface area contributed by atoms with Crippen LogP contribution in [0.4, 0.5) is 0 Å². The second-order valence-electron chi connectivity index (χ2n) is 5.19. The van der Waals surface area contributed by atoms with Crippen LogP contribution in [-0.4, -0.2) is 77.3 Å². The Morgan fingerprint density at radius 2 is 1.11 bits per heavy atom. The highest BCUT2D eigenvalue weighted by atomic mass is 15.1. The van der Waals surface area contributed by atoms with E-state index in [9.17, 15) is 0 Å². The van der Waals surface area contributed by atoms with Gasteiger partial charge < -0.3 is 20.4 Å². The predicted octanol–water partition coefficient (Wildman–Crippen LogP) is 0.625. The molecule has 0 aliphatic heterocycles. The second-order valence-corrected chi connectivity index (χ2v) is 5.19. The number of rotatable bonds is 12. The zero-order valence-electron chi connectivity index (χ0n) is 12.7. The lowest BCUT2D eigenvalue weighted by Gasteiger charge is -2.09. The van der Waals surface area contributed by atoms with Crippen molar-refractivity contribution in [2.24, 2.45) is 0 Å². The van der Waals surface area contributed by atoms with Crippen molar-refractivity contribution >= 4 is 0 Å². The van der Waals surface area contributed by atoms with Crippen molar-refractivity contribution in [3.05, 3.63) is 12.2 Å². The maximum absolute atomic E-state index is 3.41. The molecule has 0 aliphatic carbocycles. The van der Waals surface area contributed by atoms with Gasteiger partial charge in [-0.25, -0.2) is 0 Å². The molecule has 18 heavy (non-hydrogen) atoms. The van der Waals surface area contributed by atoms with Crippen LogP contribution in [0.25, 0.3) is 0 Å². The lowest BCUT2D eigenvalue weighted by atomic mass is 10.4. The molecule has 0 aliphatic rings. The number of hydrogen-bond acceptors (Lipinski definition) is 4. The molecule has 108 valence electrons. The number of nitrogens with zero attached hydrogens (tertiary/aromatic N) is 2. The van der Waals surface area contributed by atoms with Crippen LogP contribution >= 0.6 is 0 Å². The minimum Gasteiger partial charge on any atom is -0.313 e. The van der Waals surface area contributed by atoms with E-state index in [2.05, 4.69) is 60.8 Å². The molecule has 0 unspecified atom stereocenters. The molecule has 0 atom stereocenters. The fourth-order valence-electron chi connectivity index (χ4n) is 1.58. The summed E-state index contributed by atoms with van der Waals surface area (Å²) in [7, 11) is 8.45. The third kappa shape index (κ3) is 15.6. The molecule has 0 saturated carbocycles. The molecule has 0 bridgehead atoms. The largest absolute Gasteiger partial charge is 0.313 e. The van der Waals surface area contributed by atoms with Gasteiger partial charge in [-0.3, -0.25) is 0 Å². The Balaban J connectivity index is 3.09. The predicted molar refractivity (Wildman–Crippen MR) is 81.2 cm³/mol. The Morgan fingerprint density at radius 3 is 1.44 bits per heavy atom. The number of nitrogens with one attached hydrogen (secondary N) is 2. The Labute approximate surface area is 113 Å². The van der Waals surface area contributed by atoms with Gasteiger partial charge in [-0.2, -0.15) is 0 Å². The maximum Gasteiger partial charge on any atom is 0.0135 e. The van der Waals surface area contributed by atoms with Gasteiger partial charge in [0.25, 0.3) is 0 Å². The topological polar surface area (TPSA) is 30.5 Å². The first-order chi connectivity index (χ1) is 8.63. The van der Waals surface area contributed by atoms with E-state index >= 15 is 0 Å². The van der Waals surface area contributed by atoms with Crippen LogP contribution in [0.1, 0.15) is 12.8 Å². The Hall–Kier alpha value is -0.420. The van der Waals surface area contributed by atoms with Crippen molar-refractivity contribution in [3.8, 4) is 0 Å². The molecular weight excluding hydrogens is 224 g/mol. The van der Waals surface area contributed by atoms with Crippen LogP contribution in [0.2, 0.25) is 0 Å². The van der Waals surface area contributed by atoms with E-state index < -0.39 is 0 Å². The van der Waals surface area contributed by atoms with Crippen molar-refractivity contribution < 1.29 is 0 Å². The van der Waals surface area contributed by atoms with Crippen molar-refractivity contribution in [1.29, 1.82) is 0 Å². The van der Waals surface area contributed by atoms with Gasteiger partial charge in [0.2, 0.25) is 0 Å². The molecule has 0 heterocycles. The molecular formula is C14H32N4. The highest BCUT2D eigenvalue weighted by Gasteiger charge is 1.90. The van der Waals surface area contributed by atoms with E-state index in [1.807, 2.05) is 0 Å². The first kappa shape index (κ1) is 17.6. The van der Waals surface area contributed by atoms with Crippen molar-refractivity contribution in [2.45, 2.75) is 12.8 Å². The Morgan fingerprint density at radius 1 is 0.722 bits per heavy atom. The fourth-order valence-corrected chi connectivity index (χ4v) is 1.58.